The second-order valence-corrected chi connectivity index (χ2v) is 7.51. The van der Waals surface area contributed by atoms with E-state index < -0.39 is 0 Å². The Bertz CT molecular complexity index is 1090. The molecule has 4 aromatic rings. The number of methoxy groups -OCH3 is 1. The van der Waals surface area contributed by atoms with Crippen LogP contribution in [0.25, 0.3) is 16.6 Å². The van der Waals surface area contributed by atoms with Crippen LogP contribution in [0.2, 0.25) is 0 Å². The zero-order valence-corrected chi connectivity index (χ0v) is 15.5. The second kappa shape index (κ2) is 6.61. The SMILES string of the molecule is COc1ccc2c(C)cc3nnc(SC(C)c4ccc(F)cc4)n3c2c1. The number of fused-ring (bicyclic) bond motifs is 3. The van der Waals surface area contributed by atoms with E-state index >= 15 is 0 Å². The van der Waals surface area contributed by atoms with Crippen LogP contribution in [0.1, 0.15) is 23.3 Å². The van der Waals surface area contributed by atoms with Crippen molar-refractivity contribution >= 4 is 28.3 Å². The number of halogens is 1. The van der Waals surface area contributed by atoms with Gasteiger partial charge in [-0.05, 0) is 55.3 Å². The number of benzene rings is 2. The van der Waals surface area contributed by atoms with Crippen molar-refractivity contribution in [2.75, 3.05) is 7.11 Å². The third-order valence-electron chi connectivity index (χ3n) is 4.50. The quantitative estimate of drug-likeness (QED) is 0.465. The number of aryl methyl sites for hydroxylation is 1. The third-order valence-corrected chi connectivity index (χ3v) is 5.60. The summed E-state index contributed by atoms with van der Waals surface area (Å²) in [6, 6.07) is 14.6. The number of hydrogen-bond donors (Lipinski definition) is 0. The summed E-state index contributed by atoms with van der Waals surface area (Å²) >= 11 is 1.60. The lowest BCUT2D eigenvalue weighted by molar-refractivity contribution is 0.415. The molecule has 132 valence electrons. The molecule has 6 heteroatoms. The molecule has 0 bridgehead atoms. The van der Waals surface area contributed by atoms with Crippen LogP contribution >= 0.6 is 11.8 Å². The summed E-state index contributed by atoms with van der Waals surface area (Å²) in [5, 5.41) is 10.8. The molecule has 0 aliphatic heterocycles. The largest absolute Gasteiger partial charge is 0.497 e. The van der Waals surface area contributed by atoms with E-state index in [2.05, 4.69) is 34.5 Å². The lowest BCUT2D eigenvalue weighted by Crippen LogP contribution is -1.96. The van der Waals surface area contributed by atoms with Crippen LogP contribution in [-0.2, 0) is 0 Å². The number of nitrogens with zero attached hydrogens (tertiary/aromatic N) is 3. The average molecular weight is 367 g/mol. The van der Waals surface area contributed by atoms with E-state index in [0.717, 1.165) is 38.6 Å². The fourth-order valence-electron chi connectivity index (χ4n) is 3.07. The molecule has 4 rings (SSSR count). The fourth-order valence-corrected chi connectivity index (χ4v) is 4.06. The molecule has 0 saturated heterocycles. The van der Waals surface area contributed by atoms with Crippen molar-refractivity contribution in [1.82, 2.24) is 14.6 Å². The van der Waals surface area contributed by atoms with E-state index in [1.807, 2.05) is 30.3 Å². The lowest BCUT2D eigenvalue weighted by Gasteiger charge is -2.12. The minimum atomic E-state index is -0.229. The van der Waals surface area contributed by atoms with Crippen molar-refractivity contribution < 1.29 is 9.13 Å². The number of hydrogen-bond acceptors (Lipinski definition) is 4. The Hall–Kier alpha value is -2.60. The lowest BCUT2D eigenvalue weighted by atomic mass is 10.1. The van der Waals surface area contributed by atoms with E-state index in [4.69, 9.17) is 4.74 Å². The fraction of sp³-hybridized carbons (Fsp3) is 0.200. The summed E-state index contributed by atoms with van der Waals surface area (Å²) < 4.78 is 20.6. The molecular weight excluding hydrogens is 349 g/mol. The van der Waals surface area contributed by atoms with Gasteiger partial charge in [-0.3, -0.25) is 4.40 Å². The highest BCUT2D eigenvalue weighted by Crippen LogP contribution is 2.36. The Morgan fingerprint density at radius 2 is 1.85 bits per heavy atom. The molecule has 2 aromatic heterocycles. The van der Waals surface area contributed by atoms with Crippen LogP contribution in [0.3, 0.4) is 0 Å². The van der Waals surface area contributed by atoms with Gasteiger partial charge in [0.25, 0.3) is 0 Å². The molecule has 0 aliphatic rings. The van der Waals surface area contributed by atoms with Crippen molar-refractivity contribution in [3.05, 3.63) is 65.5 Å². The van der Waals surface area contributed by atoms with Crippen molar-refractivity contribution in [1.29, 1.82) is 0 Å². The molecule has 4 nitrogen and oxygen atoms in total. The molecule has 0 aliphatic carbocycles. The van der Waals surface area contributed by atoms with E-state index in [9.17, 15) is 4.39 Å². The number of pyridine rings is 1. The van der Waals surface area contributed by atoms with Gasteiger partial charge >= 0.3 is 0 Å². The minimum Gasteiger partial charge on any atom is -0.497 e. The highest BCUT2D eigenvalue weighted by atomic mass is 32.2. The van der Waals surface area contributed by atoms with Crippen LogP contribution in [-0.4, -0.2) is 21.7 Å². The first-order chi connectivity index (χ1) is 12.6. The molecule has 1 unspecified atom stereocenters. The maximum Gasteiger partial charge on any atom is 0.196 e. The average Bonchev–Trinajstić information content (AvgIpc) is 3.04. The van der Waals surface area contributed by atoms with E-state index in [-0.39, 0.29) is 11.1 Å². The summed E-state index contributed by atoms with van der Waals surface area (Å²) in [6.45, 7) is 4.15. The topological polar surface area (TPSA) is 39.4 Å². The predicted molar refractivity (Wildman–Crippen MR) is 102 cm³/mol. The standard InChI is InChI=1S/C20H18FN3OS/c1-12-10-19-22-23-20(26-13(2)14-4-6-15(21)7-5-14)24(19)18-11-16(25-3)8-9-17(12)18/h4-11,13H,1-3H3. The van der Waals surface area contributed by atoms with Gasteiger partial charge in [0.05, 0.1) is 12.6 Å². The maximum atomic E-state index is 13.2. The van der Waals surface area contributed by atoms with Gasteiger partial charge in [0, 0.05) is 16.7 Å². The molecule has 0 fully saturated rings. The molecule has 0 N–H and O–H groups in total. The first-order valence-corrected chi connectivity index (χ1v) is 9.19. The first-order valence-electron chi connectivity index (χ1n) is 8.31. The monoisotopic (exact) mass is 367 g/mol. The minimum absolute atomic E-state index is 0.116. The molecule has 0 spiro atoms. The van der Waals surface area contributed by atoms with Gasteiger partial charge in [0.15, 0.2) is 10.8 Å². The van der Waals surface area contributed by atoms with Crippen molar-refractivity contribution in [2.45, 2.75) is 24.3 Å². The number of rotatable bonds is 4. The van der Waals surface area contributed by atoms with Crippen LogP contribution in [0.5, 0.6) is 5.75 Å². The van der Waals surface area contributed by atoms with Crippen LogP contribution in [0.15, 0.2) is 53.7 Å². The molecular formula is C20H18FN3OS. The Labute approximate surface area is 155 Å². The van der Waals surface area contributed by atoms with Gasteiger partial charge in [-0.1, -0.05) is 23.9 Å². The van der Waals surface area contributed by atoms with Crippen LogP contribution in [0.4, 0.5) is 4.39 Å². The summed E-state index contributed by atoms with van der Waals surface area (Å²) in [5.74, 6) is 0.563. The Kier molecular flexibility index (Phi) is 4.28. The number of thioether (sulfide) groups is 1. The Morgan fingerprint density at radius 1 is 1.08 bits per heavy atom. The van der Waals surface area contributed by atoms with Gasteiger partial charge in [-0.2, -0.15) is 0 Å². The third kappa shape index (κ3) is 2.90. The maximum absolute atomic E-state index is 13.2. The predicted octanol–water partition coefficient (Wildman–Crippen LogP) is 5.19. The van der Waals surface area contributed by atoms with Crippen molar-refractivity contribution in [3.8, 4) is 5.75 Å². The van der Waals surface area contributed by atoms with Crippen LogP contribution < -0.4 is 4.74 Å². The molecule has 26 heavy (non-hydrogen) atoms. The molecule has 2 aromatic carbocycles. The van der Waals surface area contributed by atoms with Gasteiger partial charge in [-0.15, -0.1) is 10.2 Å². The summed E-state index contributed by atoms with van der Waals surface area (Å²) in [7, 11) is 1.66. The van der Waals surface area contributed by atoms with E-state index in [0.29, 0.717) is 0 Å². The number of ether oxygens (including phenoxy) is 1. The smallest absolute Gasteiger partial charge is 0.196 e. The number of aromatic nitrogens is 3. The Balaban J connectivity index is 1.82. The van der Waals surface area contributed by atoms with E-state index in [1.165, 1.54) is 12.1 Å². The van der Waals surface area contributed by atoms with Crippen LogP contribution in [0, 0.1) is 12.7 Å². The zero-order valence-electron chi connectivity index (χ0n) is 14.7. The van der Waals surface area contributed by atoms with Gasteiger partial charge in [0.1, 0.15) is 11.6 Å². The van der Waals surface area contributed by atoms with E-state index in [1.54, 1.807) is 18.9 Å². The summed E-state index contributed by atoms with van der Waals surface area (Å²) in [6.07, 6.45) is 0. The van der Waals surface area contributed by atoms with Gasteiger partial charge < -0.3 is 4.74 Å². The van der Waals surface area contributed by atoms with Gasteiger partial charge in [-0.25, -0.2) is 4.39 Å². The summed E-state index contributed by atoms with van der Waals surface area (Å²) in [5.41, 5.74) is 4.00. The van der Waals surface area contributed by atoms with Gasteiger partial charge in [0.2, 0.25) is 0 Å². The summed E-state index contributed by atoms with van der Waals surface area (Å²) in [4.78, 5) is 0. The molecule has 1 atom stereocenters. The normalized spacial score (nSPS) is 12.6. The first kappa shape index (κ1) is 16.8. The molecule has 0 radical (unpaired) electrons. The highest BCUT2D eigenvalue weighted by Gasteiger charge is 2.16. The van der Waals surface area contributed by atoms with Crippen molar-refractivity contribution in [3.63, 3.8) is 0 Å². The second-order valence-electron chi connectivity index (χ2n) is 6.20. The molecule has 0 amide bonds. The Morgan fingerprint density at radius 3 is 2.58 bits per heavy atom. The highest BCUT2D eigenvalue weighted by molar-refractivity contribution is 7.99. The zero-order chi connectivity index (χ0) is 18.3. The molecule has 2 heterocycles. The van der Waals surface area contributed by atoms with Crippen molar-refractivity contribution in [2.24, 2.45) is 0 Å². The molecule has 0 saturated carbocycles.